The number of ketones is 1. The van der Waals surface area contributed by atoms with E-state index in [-0.39, 0.29) is 0 Å². The van der Waals surface area contributed by atoms with Crippen molar-refractivity contribution in [3.05, 3.63) is 0 Å². The first-order chi connectivity index (χ1) is 6.24. The maximum atomic E-state index is 11.6. The summed E-state index contributed by atoms with van der Waals surface area (Å²) in [6.07, 6.45) is 2.08. The molecule has 0 bridgehead atoms. The lowest BCUT2D eigenvalue weighted by molar-refractivity contribution is -0.123. The van der Waals surface area contributed by atoms with Crippen LogP contribution in [0.15, 0.2) is 0 Å². The highest BCUT2D eigenvalue weighted by atomic mass is 16.1. The summed E-state index contributed by atoms with van der Waals surface area (Å²) in [4.78, 5) is 13.9. The highest BCUT2D eigenvalue weighted by Gasteiger charge is 2.22. The van der Waals surface area contributed by atoms with Crippen molar-refractivity contribution in [2.45, 2.75) is 19.8 Å². The smallest absolute Gasteiger partial charge is 0.149 e. The quantitative estimate of drug-likeness (QED) is 0.691. The molecule has 0 aromatic rings. The minimum Gasteiger partial charge on any atom is -0.310 e. The van der Waals surface area contributed by atoms with Crippen LogP contribution in [0, 0.1) is 5.92 Å². The van der Waals surface area contributed by atoms with Crippen LogP contribution in [0.2, 0.25) is 0 Å². The van der Waals surface area contributed by atoms with Crippen molar-refractivity contribution in [1.82, 2.24) is 10.2 Å². The third-order valence-electron chi connectivity index (χ3n) is 2.72. The second kappa shape index (κ2) is 5.35. The number of hydrogen-bond donors (Lipinski definition) is 1. The summed E-state index contributed by atoms with van der Waals surface area (Å²) >= 11 is 0. The third kappa shape index (κ3) is 3.44. The van der Waals surface area contributed by atoms with Crippen molar-refractivity contribution in [3.8, 4) is 0 Å². The minimum absolute atomic E-state index is 0.315. The average molecular weight is 184 g/mol. The van der Waals surface area contributed by atoms with E-state index in [0.29, 0.717) is 18.2 Å². The van der Waals surface area contributed by atoms with Crippen LogP contribution in [-0.2, 0) is 4.79 Å². The third-order valence-corrected chi connectivity index (χ3v) is 2.72. The summed E-state index contributed by atoms with van der Waals surface area (Å²) in [6.45, 7) is 5.62. The average Bonchev–Trinajstić information content (AvgIpc) is 2.15. The standard InChI is InChI=1S/C10H20N2O/c1-3-11-8-10(13)9-4-6-12(2)7-5-9/h9,11H,3-8H2,1-2H3. The first kappa shape index (κ1) is 10.7. The second-order valence-electron chi connectivity index (χ2n) is 3.82. The number of carbonyl (C=O) groups is 1. The van der Waals surface area contributed by atoms with Crippen molar-refractivity contribution in [3.63, 3.8) is 0 Å². The van der Waals surface area contributed by atoms with Gasteiger partial charge in [0.1, 0.15) is 5.78 Å². The molecule has 0 aromatic heterocycles. The number of nitrogens with one attached hydrogen (secondary N) is 1. The fraction of sp³-hybridized carbons (Fsp3) is 0.900. The molecule has 1 N–H and O–H groups in total. The van der Waals surface area contributed by atoms with Crippen LogP contribution in [0.4, 0.5) is 0 Å². The Morgan fingerprint density at radius 2 is 2.08 bits per heavy atom. The van der Waals surface area contributed by atoms with Crippen LogP contribution in [0.5, 0.6) is 0 Å². The summed E-state index contributed by atoms with van der Waals surface area (Å²) in [5.41, 5.74) is 0. The molecule has 0 aromatic carbocycles. The Bertz CT molecular complexity index is 162. The van der Waals surface area contributed by atoms with Gasteiger partial charge in [0.15, 0.2) is 0 Å². The van der Waals surface area contributed by atoms with Crippen molar-refractivity contribution in [2.75, 3.05) is 33.2 Å². The molecule has 1 aliphatic rings. The van der Waals surface area contributed by atoms with Gasteiger partial charge in [-0.3, -0.25) is 4.79 Å². The number of piperidine rings is 1. The van der Waals surface area contributed by atoms with Crippen LogP contribution in [0.25, 0.3) is 0 Å². The van der Waals surface area contributed by atoms with Gasteiger partial charge in [-0.15, -0.1) is 0 Å². The molecule has 0 aliphatic carbocycles. The fourth-order valence-electron chi connectivity index (χ4n) is 1.72. The number of nitrogens with zero attached hydrogens (tertiary/aromatic N) is 1. The fourth-order valence-corrected chi connectivity index (χ4v) is 1.72. The molecule has 0 radical (unpaired) electrons. The maximum Gasteiger partial charge on any atom is 0.149 e. The number of rotatable bonds is 4. The Morgan fingerprint density at radius 1 is 1.46 bits per heavy atom. The van der Waals surface area contributed by atoms with E-state index in [2.05, 4.69) is 17.3 Å². The lowest BCUT2D eigenvalue weighted by Gasteiger charge is -2.27. The number of likely N-dealkylation sites (N-methyl/N-ethyl adjacent to an activating group) is 1. The number of Topliss-reactive ketones (excluding diaryl/α,β-unsaturated/α-hetero) is 1. The lowest BCUT2D eigenvalue weighted by atomic mass is 9.93. The Morgan fingerprint density at radius 3 is 2.62 bits per heavy atom. The molecule has 3 heteroatoms. The van der Waals surface area contributed by atoms with Crippen molar-refractivity contribution < 1.29 is 4.79 Å². The normalized spacial score (nSPS) is 20.5. The summed E-state index contributed by atoms with van der Waals surface area (Å²) in [5, 5.41) is 3.09. The van der Waals surface area contributed by atoms with E-state index in [1.165, 1.54) is 0 Å². The topological polar surface area (TPSA) is 32.3 Å². The number of carbonyl (C=O) groups excluding carboxylic acids is 1. The number of likely N-dealkylation sites (tertiary alicyclic amines) is 1. The Balaban J connectivity index is 2.23. The summed E-state index contributed by atoms with van der Waals surface area (Å²) < 4.78 is 0. The van der Waals surface area contributed by atoms with Gasteiger partial charge < -0.3 is 10.2 Å². The van der Waals surface area contributed by atoms with Gasteiger partial charge in [0.05, 0.1) is 6.54 Å². The van der Waals surface area contributed by atoms with Crippen LogP contribution < -0.4 is 5.32 Å². The molecule has 13 heavy (non-hydrogen) atoms. The molecule has 0 amide bonds. The van der Waals surface area contributed by atoms with Gasteiger partial charge in [-0.2, -0.15) is 0 Å². The van der Waals surface area contributed by atoms with Gasteiger partial charge in [-0.05, 0) is 39.5 Å². The largest absolute Gasteiger partial charge is 0.310 e. The van der Waals surface area contributed by atoms with E-state index in [9.17, 15) is 4.79 Å². The van der Waals surface area contributed by atoms with Crippen LogP contribution in [-0.4, -0.2) is 43.9 Å². The Hall–Kier alpha value is -0.410. The maximum absolute atomic E-state index is 11.6. The van der Waals surface area contributed by atoms with Crippen molar-refractivity contribution in [2.24, 2.45) is 5.92 Å². The van der Waals surface area contributed by atoms with E-state index in [4.69, 9.17) is 0 Å². The van der Waals surface area contributed by atoms with E-state index in [0.717, 1.165) is 32.5 Å². The molecule has 0 saturated carbocycles. The highest BCUT2D eigenvalue weighted by molar-refractivity contribution is 5.83. The molecule has 1 fully saturated rings. The second-order valence-corrected chi connectivity index (χ2v) is 3.82. The monoisotopic (exact) mass is 184 g/mol. The first-order valence-electron chi connectivity index (χ1n) is 5.16. The predicted molar refractivity (Wildman–Crippen MR) is 53.8 cm³/mol. The minimum atomic E-state index is 0.315. The molecule has 0 atom stereocenters. The zero-order chi connectivity index (χ0) is 9.68. The lowest BCUT2D eigenvalue weighted by Crippen LogP contribution is -2.37. The van der Waals surface area contributed by atoms with Crippen molar-refractivity contribution >= 4 is 5.78 Å². The summed E-state index contributed by atoms with van der Waals surface area (Å²) in [7, 11) is 2.12. The molecule has 3 nitrogen and oxygen atoms in total. The van der Waals surface area contributed by atoms with E-state index >= 15 is 0 Å². The van der Waals surface area contributed by atoms with Gasteiger partial charge in [0.25, 0.3) is 0 Å². The van der Waals surface area contributed by atoms with E-state index in [1.54, 1.807) is 0 Å². The van der Waals surface area contributed by atoms with E-state index in [1.807, 2.05) is 6.92 Å². The first-order valence-corrected chi connectivity index (χ1v) is 5.16. The Kier molecular flexibility index (Phi) is 4.39. The van der Waals surface area contributed by atoms with Gasteiger partial charge in [0, 0.05) is 5.92 Å². The van der Waals surface area contributed by atoms with Gasteiger partial charge in [-0.25, -0.2) is 0 Å². The molecule has 1 aliphatic heterocycles. The molecule has 0 spiro atoms. The molecular formula is C10H20N2O. The molecule has 1 rings (SSSR count). The zero-order valence-electron chi connectivity index (χ0n) is 8.68. The molecule has 0 unspecified atom stereocenters. The van der Waals surface area contributed by atoms with Gasteiger partial charge >= 0.3 is 0 Å². The highest BCUT2D eigenvalue weighted by Crippen LogP contribution is 2.16. The number of hydrogen-bond acceptors (Lipinski definition) is 3. The van der Waals surface area contributed by atoms with Gasteiger partial charge in [-0.1, -0.05) is 6.92 Å². The Labute approximate surface area is 80.5 Å². The van der Waals surface area contributed by atoms with Crippen LogP contribution in [0.3, 0.4) is 0 Å². The SMILES string of the molecule is CCNCC(=O)C1CCN(C)CC1. The molecular weight excluding hydrogens is 164 g/mol. The molecule has 76 valence electrons. The molecule has 1 heterocycles. The van der Waals surface area contributed by atoms with Crippen LogP contribution in [0.1, 0.15) is 19.8 Å². The summed E-state index contributed by atoms with van der Waals surface area (Å²) in [6, 6.07) is 0. The molecule has 1 saturated heterocycles. The summed E-state index contributed by atoms with van der Waals surface area (Å²) in [5.74, 6) is 0.713. The van der Waals surface area contributed by atoms with Crippen LogP contribution >= 0.6 is 0 Å². The van der Waals surface area contributed by atoms with Gasteiger partial charge in [0.2, 0.25) is 0 Å². The zero-order valence-corrected chi connectivity index (χ0v) is 8.68. The van der Waals surface area contributed by atoms with Crippen molar-refractivity contribution in [1.29, 1.82) is 0 Å². The van der Waals surface area contributed by atoms with E-state index < -0.39 is 0 Å². The predicted octanol–water partition coefficient (Wildman–Crippen LogP) is 0.507.